The van der Waals surface area contributed by atoms with E-state index in [-0.39, 0.29) is 12.2 Å². The standard InChI is InChI=1S/C20H20O4S3/c1-13-4-5-15-14(10-13)11-17(25-15)16-6-7-18(26-16)20(12-19(21)22)8-2-3-9-27(20,23)24/h4-7,10-11H,2-3,8-9,12H2,1H3,(H,21,22). The first-order valence-corrected chi connectivity index (χ1v) is 12.1. The van der Waals surface area contributed by atoms with Crippen LogP contribution in [0.5, 0.6) is 0 Å². The average molecular weight is 421 g/mol. The van der Waals surface area contributed by atoms with Crippen LogP contribution in [-0.4, -0.2) is 25.2 Å². The highest BCUT2D eigenvalue weighted by molar-refractivity contribution is 7.92. The van der Waals surface area contributed by atoms with Gasteiger partial charge < -0.3 is 5.11 Å². The molecule has 1 aliphatic heterocycles. The van der Waals surface area contributed by atoms with Crippen LogP contribution >= 0.6 is 22.7 Å². The summed E-state index contributed by atoms with van der Waals surface area (Å²) >= 11 is 3.10. The van der Waals surface area contributed by atoms with Crippen molar-refractivity contribution < 1.29 is 18.3 Å². The first-order valence-electron chi connectivity index (χ1n) is 8.86. The molecule has 3 aromatic rings. The molecule has 142 valence electrons. The molecule has 0 bridgehead atoms. The van der Waals surface area contributed by atoms with Gasteiger partial charge in [0.15, 0.2) is 9.84 Å². The molecule has 0 aliphatic carbocycles. The summed E-state index contributed by atoms with van der Waals surface area (Å²) in [5.41, 5.74) is 1.20. The molecule has 1 unspecified atom stereocenters. The number of rotatable bonds is 4. The summed E-state index contributed by atoms with van der Waals surface area (Å²) in [4.78, 5) is 14.2. The summed E-state index contributed by atoms with van der Waals surface area (Å²) in [6.07, 6.45) is 1.37. The third kappa shape index (κ3) is 3.22. The molecule has 1 fully saturated rings. The topological polar surface area (TPSA) is 71.4 Å². The molecular weight excluding hydrogens is 400 g/mol. The van der Waals surface area contributed by atoms with Gasteiger partial charge in [-0.3, -0.25) is 4.79 Å². The molecule has 1 atom stereocenters. The number of benzene rings is 1. The van der Waals surface area contributed by atoms with E-state index in [2.05, 4.69) is 31.2 Å². The Kier molecular flexibility index (Phi) is 4.64. The van der Waals surface area contributed by atoms with Crippen molar-refractivity contribution in [1.82, 2.24) is 0 Å². The van der Waals surface area contributed by atoms with E-state index in [4.69, 9.17) is 0 Å². The third-order valence-corrected chi connectivity index (χ3v) is 10.6. The second-order valence-electron chi connectivity index (χ2n) is 7.16. The third-order valence-electron chi connectivity index (χ3n) is 5.25. The second-order valence-corrected chi connectivity index (χ2v) is 11.7. The predicted molar refractivity (Wildman–Crippen MR) is 111 cm³/mol. The molecule has 7 heteroatoms. The molecule has 1 N–H and O–H groups in total. The Hall–Kier alpha value is -1.70. The lowest BCUT2D eigenvalue weighted by molar-refractivity contribution is -0.137. The molecular formula is C20H20O4S3. The summed E-state index contributed by atoms with van der Waals surface area (Å²) in [7, 11) is -3.50. The number of fused-ring (bicyclic) bond motifs is 1. The van der Waals surface area contributed by atoms with Crippen molar-refractivity contribution in [2.24, 2.45) is 0 Å². The van der Waals surface area contributed by atoms with Crippen LogP contribution in [0.2, 0.25) is 0 Å². The summed E-state index contributed by atoms with van der Waals surface area (Å²) < 4.78 is 25.7. The number of hydrogen-bond donors (Lipinski definition) is 1. The van der Waals surface area contributed by atoms with E-state index in [1.165, 1.54) is 27.0 Å². The summed E-state index contributed by atoms with van der Waals surface area (Å²) in [6.45, 7) is 2.06. The Morgan fingerprint density at radius 1 is 1.11 bits per heavy atom. The Morgan fingerprint density at radius 2 is 1.93 bits per heavy atom. The lowest BCUT2D eigenvalue weighted by atomic mass is 9.95. The normalized spacial score (nSPS) is 22.1. The summed E-state index contributed by atoms with van der Waals surface area (Å²) in [6, 6.07) is 12.2. The van der Waals surface area contributed by atoms with Crippen molar-refractivity contribution in [3.63, 3.8) is 0 Å². The number of aryl methyl sites for hydroxylation is 1. The van der Waals surface area contributed by atoms with Crippen molar-refractivity contribution in [2.45, 2.75) is 37.4 Å². The van der Waals surface area contributed by atoms with Crippen LogP contribution in [0.4, 0.5) is 0 Å². The fourth-order valence-electron chi connectivity index (χ4n) is 3.86. The van der Waals surface area contributed by atoms with Gasteiger partial charge in [-0.2, -0.15) is 0 Å². The zero-order chi connectivity index (χ0) is 19.2. The van der Waals surface area contributed by atoms with Crippen molar-refractivity contribution in [3.8, 4) is 9.75 Å². The highest BCUT2D eigenvalue weighted by atomic mass is 32.2. The van der Waals surface area contributed by atoms with Crippen molar-refractivity contribution >= 4 is 48.6 Å². The van der Waals surface area contributed by atoms with Crippen LogP contribution in [0.1, 0.15) is 36.1 Å². The largest absolute Gasteiger partial charge is 0.481 e. The van der Waals surface area contributed by atoms with Gasteiger partial charge in [-0.15, -0.1) is 22.7 Å². The number of thiophene rings is 2. The zero-order valence-corrected chi connectivity index (χ0v) is 17.3. The maximum absolute atomic E-state index is 12.9. The van der Waals surface area contributed by atoms with E-state index < -0.39 is 20.6 Å². The fourth-order valence-corrected chi connectivity index (χ4v) is 8.76. The molecule has 0 amide bonds. The SMILES string of the molecule is Cc1ccc2sc(-c3ccc(C4(CC(=O)O)CCCCS4(=O)=O)s3)cc2c1. The maximum Gasteiger partial charge on any atom is 0.305 e. The van der Waals surface area contributed by atoms with Gasteiger partial charge in [0.2, 0.25) is 0 Å². The molecule has 1 aliphatic rings. The maximum atomic E-state index is 12.9. The van der Waals surface area contributed by atoms with Gasteiger partial charge in [0, 0.05) is 19.3 Å². The van der Waals surface area contributed by atoms with Crippen molar-refractivity contribution in [2.75, 3.05) is 5.75 Å². The highest BCUT2D eigenvalue weighted by Crippen LogP contribution is 2.48. The minimum Gasteiger partial charge on any atom is -0.481 e. The van der Waals surface area contributed by atoms with E-state index in [0.717, 1.165) is 16.2 Å². The number of hydrogen-bond acceptors (Lipinski definition) is 5. The Labute approximate surface area is 166 Å². The Morgan fingerprint density at radius 3 is 2.67 bits per heavy atom. The van der Waals surface area contributed by atoms with Gasteiger partial charge in [0.1, 0.15) is 4.75 Å². The molecule has 4 rings (SSSR count). The van der Waals surface area contributed by atoms with E-state index in [1.54, 1.807) is 11.3 Å². The molecule has 1 saturated heterocycles. The minimum absolute atomic E-state index is 0.0652. The molecule has 3 heterocycles. The molecule has 4 nitrogen and oxygen atoms in total. The Balaban J connectivity index is 1.79. The van der Waals surface area contributed by atoms with Crippen molar-refractivity contribution in [1.29, 1.82) is 0 Å². The fraction of sp³-hybridized carbons (Fsp3) is 0.350. The van der Waals surface area contributed by atoms with E-state index in [9.17, 15) is 18.3 Å². The van der Waals surface area contributed by atoms with Crippen LogP contribution in [-0.2, 0) is 19.4 Å². The first-order chi connectivity index (χ1) is 12.8. The van der Waals surface area contributed by atoms with Gasteiger partial charge in [-0.25, -0.2) is 8.42 Å². The van der Waals surface area contributed by atoms with Crippen LogP contribution in [0.25, 0.3) is 19.8 Å². The number of aliphatic carboxylic acids is 1. The molecule has 0 spiro atoms. The number of sulfone groups is 1. The summed E-state index contributed by atoms with van der Waals surface area (Å²) in [5, 5.41) is 10.6. The molecule has 1 aromatic carbocycles. The molecule has 0 radical (unpaired) electrons. The average Bonchev–Trinajstić information content (AvgIpc) is 3.22. The van der Waals surface area contributed by atoms with Gasteiger partial charge in [-0.1, -0.05) is 24.1 Å². The number of carboxylic acids is 1. The van der Waals surface area contributed by atoms with Crippen LogP contribution in [0.15, 0.2) is 36.4 Å². The van der Waals surface area contributed by atoms with Crippen LogP contribution in [0, 0.1) is 6.92 Å². The molecule has 2 aromatic heterocycles. The van der Waals surface area contributed by atoms with Crippen LogP contribution < -0.4 is 0 Å². The Bertz CT molecular complexity index is 1120. The van der Waals surface area contributed by atoms with E-state index >= 15 is 0 Å². The number of carboxylic acid groups (broad SMARTS) is 1. The number of carbonyl (C=O) groups is 1. The van der Waals surface area contributed by atoms with Crippen LogP contribution in [0.3, 0.4) is 0 Å². The quantitative estimate of drug-likeness (QED) is 0.629. The predicted octanol–water partition coefficient (Wildman–Crippen LogP) is 5.21. The lowest BCUT2D eigenvalue weighted by Gasteiger charge is -2.34. The molecule has 27 heavy (non-hydrogen) atoms. The highest BCUT2D eigenvalue weighted by Gasteiger charge is 2.49. The zero-order valence-electron chi connectivity index (χ0n) is 14.9. The minimum atomic E-state index is -3.50. The van der Waals surface area contributed by atoms with Gasteiger partial charge in [-0.05, 0) is 49.4 Å². The lowest BCUT2D eigenvalue weighted by Crippen LogP contribution is -2.41. The van der Waals surface area contributed by atoms with Gasteiger partial charge >= 0.3 is 5.97 Å². The monoisotopic (exact) mass is 420 g/mol. The van der Waals surface area contributed by atoms with E-state index in [0.29, 0.717) is 17.7 Å². The first kappa shape index (κ1) is 18.7. The summed E-state index contributed by atoms with van der Waals surface area (Å²) in [5.74, 6) is -0.997. The van der Waals surface area contributed by atoms with Gasteiger partial charge in [0.05, 0.1) is 12.2 Å². The smallest absolute Gasteiger partial charge is 0.305 e. The van der Waals surface area contributed by atoms with Crippen molar-refractivity contribution in [3.05, 3.63) is 46.8 Å². The molecule has 0 saturated carbocycles. The van der Waals surface area contributed by atoms with Gasteiger partial charge in [0.25, 0.3) is 0 Å². The van der Waals surface area contributed by atoms with E-state index in [1.807, 2.05) is 12.1 Å². The second kappa shape index (κ2) is 6.72.